The molecule has 6 fully saturated rings. The summed E-state index contributed by atoms with van der Waals surface area (Å²) in [4.78, 5) is 92.9. The fourth-order valence-electron chi connectivity index (χ4n) is 7.69. The van der Waals surface area contributed by atoms with E-state index in [0.717, 1.165) is 19.3 Å². The van der Waals surface area contributed by atoms with E-state index in [9.17, 15) is 37.2 Å². The lowest BCUT2D eigenvalue weighted by Gasteiger charge is -2.34. The Kier molecular flexibility index (Phi) is 13.9. The quantitative estimate of drug-likeness (QED) is 0.233. The maximum atomic E-state index is 12.6. The normalized spacial score (nSPS) is 27.5. The Balaban J connectivity index is 0.000000223. The molecule has 0 aliphatic carbocycles. The molecule has 6 heterocycles. The first kappa shape index (κ1) is 44.9. The number of likely N-dealkylation sites (tertiary alicyclic amines) is 2. The average Bonchev–Trinajstić information content (AvgIpc) is 3.50. The predicted molar refractivity (Wildman–Crippen MR) is 200 cm³/mol. The number of nitrogens with one attached hydrogen (secondary N) is 2. The number of hydrogen-bond acceptors (Lipinski definition) is 13. The van der Waals surface area contributed by atoms with E-state index in [1.807, 2.05) is 20.8 Å². The Morgan fingerprint density at radius 1 is 0.655 bits per heavy atom. The van der Waals surface area contributed by atoms with Crippen molar-refractivity contribution in [3.05, 3.63) is 0 Å². The zero-order chi connectivity index (χ0) is 42.7. The summed E-state index contributed by atoms with van der Waals surface area (Å²) in [6.45, 7) is 13.2. The minimum atomic E-state index is -4.85. The molecule has 0 spiro atoms. The van der Waals surface area contributed by atoms with Crippen LogP contribution < -0.4 is 11.0 Å². The first-order valence-corrected chi connectivity index (χ1v) is 21.0. The molecule has 0 aromatic heterocycles. The summed E-state index contributed by atoms with van der Waals surface area (Å²) >= 11 is 0. The first-order valence-electron chi connectivity index (χ1n) is 19.7. The molecule has 3 N–H and O–H groups in total. The van der Waals surface area contributed by atoms with Crippen LogP contribution in [0.1, 0.15) is 92.9 Å². The molecule has 328 valence electrons. The van der Waals surface area contributed by atoms with Crippen LogP contribution in [0.15, 0.2) is 0 Å². The molecule has 6 saturated heterocycles. The number of urea groups is 2. The molecule has 0 radical (unpaired) electrons. The molecule has 22 nitrogen and oxygen atoms in total. The van der Waals surface area contributed by atoms with Crippen LogP contribution >= 0.6 is 0 Å². The summed E-state index contributed by atoms with van der Waals surface area (Å²) in [5, 5.41) is 0.573. The van der Waals surface area contributed by atoms with Gasteiger partial charge in [0, 0.05) is 33.2 Å². The van der Waals surface area contributed by atoms with Crippen molar-refractivity contribution in [2.75, 3.05) is 46.3 Å². The van der Waals surface area contributed by atoms with Gasteiger partial charge in [0.1, 0.15) is 35.5 Å². The third-order valence-corrected chi connectivity index (χ3v) is 10.8. The van der Waals surface area contributed by atoms with Gasteiger partial charge in [0.15, 0.2) is 0 Å². The highest BCUT2D eigenvalue weighted by molar-refractivity contribution is 7.80. The van der Waals surface area contributed by atoms with Gasteiger partial charge in [-0.1, -0.05) is 0 Å². The molecule has 6 aliphatic rings. The molecule has 4 bridgehead atoms. The Labute approximate surface area is 338 Å². The Morgan fingerprint density at radius 2 is 1.09 bits per heavy atom. The van der Waals surface area contributed by atoms with Crippen molar-refractivity contribution in [3.63, 3.8) is 0 Å². The minimum Gasteiger partial charge on any atom is -0.444 e. The van der Waals surface area contributed by atoms with Crippen LogP contribution in [0.25, 0.3) is 0 Å². The number of piperidine rings is 4. The number of carbonyl (C=O) groups excluding carboxylic acids is 6. The number of likely N-dealkylation sites (N-methyl/N-ethyl adjacent to an activating group) is 1. The second-order valence-electron chi connectivity index (χ2n) is 17.4. The largest absolute Gasteiger partial charge is 0.444 e. The zero-order valence-electron chi connectivity index (χ0n) is 34.2. The second-order valence-corrected chi connectivity index (χ2v) is 18.4. The third kappa shape index (κ3) is 11.7. The number of hydrogen-bond donors (Lipinski definition) is 3. The van der Waals surface area contributed by atoms with Crippen molar-refractivity contribution in [1.29, 1.82) is 0 Å². The van der Waals surface area contributed by atoms with Crippen molar-refractivity contribution in [2.45, 2.75) is 140 Å². The van der Waals surface area contributed by atoms with Crippen LogP contribution in [-0.2, 0) is 43.4 Å². The van der Waals surface area contributed by atoms with Gasteiger partial charge >= 0.3 is 34.6 Å². The van der Waals surface area contributed by atoms with E-state index in [0.29, 0.717) is 56.9 Å². The highest BCUT2D eigenvalue weighted by Gasteiger charge is 2.50. The van der Waals surface area contributed by atoms with E-state index in [1.165, 1.54) is 9.80 Å². The molecule has 58 heavy (non-hydrogen) atoms. The molecule has 6 atom stereocenters. The summed E-state index contributed by atoms with van der Waals surface area (Å²) in [7, 11) is -3.08. The number of hydroxylamine groups is 4. The molecular weight excluding hydrogens is 788 g/mol. The summed E-state index contributed by atoms with van der Waals surface area (Å²) < 4.78 is 45.8. The fourth-order valence-corrected chi connectivity index (χ4v) is 8.08. The molecule has 0 unspecified atom stereocenters. The summed E-state index contributed by atoms with van der Waals surface area (Å²) in [6.07, 6.45) is 3.31. The van der Waals surface area contributed by atoms with E-state index in [2.05, 4.69) is 15.2 Å². The van der Waals surface area contributed by atoms with E-state index in [4.69, 9.17) is 23.7 Å². The van der Waals surface area contributed by atoms with Crippen LogP contribution in [0.3, 0.4) is 0 Å². The molecule has 0 saturated carbocycles. The van der Waals surface area contributed by atoms with Gasteiger partial charge in [0.2, 0.25) is 0 Å². The molecule has 0 aromatic carbocycles. The molecule has 6 aliphatic heterocycles. The predicted octanol–water partition coefficient (Wildman–Crippen LogP) is 1.77. The third-order valence-electron chi connectivity index (χ3n) is 10.5. The van der Waals surface area contributed by atoms with E-state index >= 15 is 0 Å². The Morgan fingerprint density at radius 3 is 1.53 bits per heavy atom. The summed E-state index contributed by atoms with van der Waals surface area (Å²) in [5.74, 6) is -0.860. The van der Waals surface area contributed by atoms with Gasteiger partial charge in [-0.05, 0) is 92.9 Å². The van der Waals surface area contributed by atoms with Gasteiger partial charge in [-0.2, -0.15) is 13.5 Å². The molecule has 6 rings (SSSR count). The van der Waals surface area contributed by atoms with E-state index < -0.39 is 63.9 Å². The van der Waals surface area contributed by atoms with E-state index in [-0.39, 0.29) is 49.7 Å². The number of fused-ring (bicyclic) bond motifs is 4. The number of amides is 8. The Bertz CT molecular complexity index is 1670. The maximum Gasteiger partial charge on any atom is 0.418 e. The number of rotatable bonds is 8. The van der Waals surface area contributed by atoms with Gasteiger partial charge in [-0.3, -0.25) is 23.8 Å². The van der Waals surface area contributed by atoms with Crippen molar-refractivity contribution >= 4 is 46.5 Å². The lowest BCUT2D eigenvalue weighted by atomic mass is 10.0. The van der Waals surface area contributed by atoms with Crippen LogP contribution in [0.4, 0.5) is 19.2 Å². The molecule has 23 heteroatoms. The number of ether oxygens (including phenoxy) is 2. The second kappa shape index (κ2) is 18.0. The molecule has 8 amide bonds. The first-order chi connectivity index (χ1) is 27.0. The van der Waals surface area contributed by atoms with Gasteiger partial charge < -0.3 is 34.0 Å². The summed E-state index contributed by atoms with van der Waals surface area (Å²) in [5.41, 5.74) is 3.71. The highest BCUT2D eigenvalue weighted by Crippen LogP contribution is 2.31. The van der Waals surface area contributed by atoms with Crippen molar-refractivity contribution in [2.24, 2.45) is 0 Å². The Hall–Kier alpha value is -4.19. The summed E-state index contributed by atoms with van der Waals surface area (Å²) in [6, 6.07) is -2.68. The van der Waals surface area contributed by atoms with Crippen LogP contribution in [0, 0.1) is 0 Å². The van der Waals surface area contributed by atoms with Crippen molar-refractivity contribution in [3.8, 4) is 0 Å². The van der Waals surface area contributed by atoms with Gasteiger partial charge in [-0.25, -0.2) is 30.1 Å². The highest BCUT2D eigenvalue weighted by atomic mass is 32.3. The number of carbonyl (C=O) groups is 6. The molecule has 0 aromatic rings. The van der Waals surface area contributed by atoms with Gasteiger partial charge in [0.25, 0.3) is 11.8 Å². The van der Waals surface area contributed by atoms with Crippen LogP contribution in [0.2, 0.25) is 0 Å². The molecular formula is C35H58N8O14S. The average molecular weight is 847 g/mol. The van der Waals surface area contributed by atoms with Crippen molar-refractivity contribution in [1.82, 2.24) is 40.5 Å². The van der Waals surface area contributed by atoms with Crippen molar-refractivity contribution < 1.29 is 65.2 Å². The van der Waals surface area contributed by atoms with Crippen LogP contribution in [0.5, 0.6) is 0 Å². The standard InChI is InChI=1S/C18H30N4O5.C17H28N4O9S/c1-18(2,3)26-17(25)21-9-5-6-13(11-21)27-19-15(23)14-8-7-12-10-22(14)16(24)20(12)4;1-17(2,3)28-16(24)19-8-4-5-12(10-19)29-18-14(22)13-7-6-11-9-20(13)15(23)21(11)30-31(25,26)27/h12-14H,5-11H2,1-4H3,(H,19,23);11-13H,4-10H2,1-3H3,(H,18,22)(H,25,26,27)/t12-,13-,14+;11-,12-,13+/m11/s1. The SMILES string of the molecule is CC(C)(C)OC(=O)N1CCC[C@@H](ONC(=O)[C@@H]2CC[C@@H]3CN2C(=O)N3OS(=O)(=O)O)C1.CN1C(=O)N2C[C@H]1CC[C@H]2C(=O)NO[C@@H]1CCCN(C(=O)OC(C)(C)C)C1. The minimum absolute atomic E-state index is 0.0856. The topological polar surface area (TPSA) is 246 Å². The monoisotopic (exact) mass is 846 g/mol. The van der Waals surface area contributed by atoms with Gasteiger partial charge in [-0.15, -0.1) is 4.28 Å². The van der Waals surface area contributed by atoms with E-state index in [1.54, 1.807) is 42.5 Å². The lowest BCUT2D eigenvalue weighted by molar-refractivity contribution is -0.146. The lowest BCUT2D eigenvalue weighted by Crippen LogP contribution is -2.52. The smallest absolute Gasteiger partial charge is 0.418 e. The number of nitrogens with zero attached hydrogens (tertiary/aromatic N) is 6. The zero-order valence-corrected chi connectivity index (χ0v) is 35.0. The maximum absolute atomic E-state index is 12.6. The van der Waals surface area contributed by atoms with Gasteiger partial charge in [0.05, 0.1) is 25.2 Å². The fraction of sp³-hybridized carbons (Fsp3) is 0.829. The van der Waals surface area contributed by atoms with Crippen LogP contribution in [-0.4, -0.2) is 172 Å².